The highest BCUT2D eigenvalue weighted by molar-refractivity contribution is 6.29. The lowest BCUT2D eigenvalue weighted by atomic mass is 9.99. The maximum atomic E-state index is 13.4. The lowest BCUT2D eigenvalue weighted by molar-refractivity contribution is 0.603. The summed E-state index contributed by atoms with van der Waals surface area (Å²) in [6.07, 6.45) is 1.76. The van der Waals surface area contributed by atoms with Gasteiger partial charge in [-0.2, -0.15) is 5.10 Å². The SMILES string of the molecule is Cc1cc([C@@H](C)Nc2ccc(Cl)nc2C)c2oc(-c3ccc4cnn(C)c4n3)c(C)c(=O)c2c1. The van der Waals surface area contributed by atoms with Crippen LogP contribution in [-0.4, -0.2) is 19.7 Å². The molecule has 34 heavy (non-hydrogen) atoms. The Kier molecular flexibility index (Phi) is 5.37. The van der Waals surface area contributed by atoms with Crippen molar-refractivity contribution < 1.29 is 4.42 Å². The molecule has 0 saturated carbocycles. The number of aromatic nitrogens is 4. The molecule has 5 rings (SSSR count). The van der Waals surface area contributed by atoms with E-state index in [1.807, 2.05) is 58.2 Å². The molecule has 0 fully saturated rings. The Balaban J connectivity index is 1.68. The molecule has 0 bridgehead atoms. The van der Waals surface area contributed by atoms with Crippen molar-refractivity contribution in [3.63, 3.8) is 0 Å². The van der Waals surface area contributed by atoms with E-state index in [1.165, 1.54) is 0 Å². The van der Waals surface area contributed by atoms with E-state index in [0.717, 1.165) is 33.5 Å². The van der Waals surface area contributed by atoms with Crippen LogP contribution in [0.3, 0.4) is 0 Å². The number of pyridine rings is 2. The third-order valence-electron chi connectivity index (χ3n) is 6.10. The highest BCUT2D eigenvalue weighted by atomic mass is 35.5. The number of anilines is 1. The van der Waals surface area contributed by atoms with E-state index in [4.69, 9.17) is 21.0 Å². The van der Waals surface area contributed by atoms with Crippen molar-refractivity contribution in [2.75, 3.05) is 5.32 Å². The van der Waals surface area contributed by atoms with E-state index in [2.05, 4.69) is 15.4 Å². The summed E-state index contributed by atoms with van der Waals surface area (Å²) in [5, 5.41) is 9.67. The smallest absolute Gasteiger partial charge is 0.196 e. The van der Waals surface area contributed by atoms with Crippen LogP contribution < -0.4 is 10.7 Å². The van der Waals surface area contributed by atoms with Crippen molar-refractivity contribution >= 4 is 39.3 Å². The number of benzene rings is 1. The van der Waals surface area contributed by atoms with Crippen LogP contribution in [0.1, 0.15) is 35.3 Å². The monoisotopic (exact) mass is 473 g/mol. The molecule has 0 aliphatic carbocycles. The minimum Gasteiger partial charge on any atom is -0.454 e. The van der Waals surface area contributed by atoms with Crippen molar-refractivity contribution in [2.45, 2.75) is 33.7 Å². The van der Waals surface area contributed by atoms with E-state index >= 15 is 0 Å². The number of nitrogens with one attached hydrogen (secondary N) is 1. The van der Waals surface area contributed by atoms with Gasteiger partial charge in [-0.05, 0) is 63.6 Å². The lowest BCUT2D eigenvalue weighted by Crippen LogP contribution is -2.13. The molecule has 5 aromatic rings. The van der Waals surface area contributed by atoms with Crippen LogP contribution in [0.5, 0.6) is 0 Å². The van der Waals surface area contributed by atoms with Crippen molar-refractivity contribution in [1.82, 2.24) is 19.7 Å². The highest BCUT2D eigenvalue weighted by Crippen LogP contribution is 2.32. The number of nitrogens with zero attached hydrogens (tertiary/aromatic N) is 4. The zero-order valence-electron chi connectivity index (χ0n) is 19.6. The number of halogens is 1. The van der Waals surface area contributed by atoms with Gasteiger partial charge in [0, 0.05) is 23.6 Å². The van der Waals surface area contributed by atoms with Gasteiger partial charge in [0.05, 0.1) is 29.0 Å². The summed E-state index contributed by atoms with van der Waals surface area (Å²) in [6, 6.07) is 11.2. The molecule has 0 radical (unpaired) electrons. The van der Waals surface area contributed by atoms with Gasteiger partial charge in [0.15, 0.2) is 16.8 Å². The molecule has 0 aliphatic rings. The van der Waals surface area contributed by atoms with Crippen LogP contribution in [0.25, 0.3) is 33.5 Å². The topological polar surface area (TPSA) is 85.8 Å². The van der Waals surface area contributed by atoms with Crippen LogP contribution in [0.4, 0.5) is 5.69 Å². The summed E-state index contributed by atoms with van der Waals surface area (Å²) in [5.41, 5.74) is 5.85. The van der Waals surface area contributed by atoms with Gasteiger partial charge >= 0.3 is 0 Å². The Morgan fingerprint density at radius 1 is 1.09 bits per heavy atom. The zero-order chi connectivity index (χ0) is 24.1. The van der Waals surface area contributed by atoms with Crippen molar-refractivity contribution in [1.29, 1.82) is 0 Å². The molecule has 0 spiro atoms. The van der Waals surface area contributed by atoms with Gasteiger partial charge in [-0.3, -0.25) is 9.48 Å². The van der Waals surface area contributed by atoms with E-state index in [-0.39, 0.29) is 11.5 Å². The van der Waals surface area contributed by atoms with Gasteiger partial charge in [0.2, 0.25) is 0 Å². The standard InChI is InChI=1S/C26H24ClN5O2/c1-13-10-18(15(3)29-20-8-9-22(27)30-16(20)4)25-19(11-13)23(33)14(2)24(34-25)21-7-6-17-12-28-32(5)26(17)31-21/h6-12,15,29H,1-5H3/t15-/m1/s1. The average molecular weight is 474 g/mol. The molecular weight excluding hydrogens is 450 g/mol. The first-order valence-corrected chi connectivity index (χ1v) is 11.4. The molecule has 1 aromatic carbocycles. The number of aryl methyl sites for hydroxylation is 3. The van der Waals surface area contributed by atoms with Crippen LogP contribution in [0.2, 0.25) is 5.15 Å². The molecule has 4 heterocycles. The fourth-order valence-corrected chi connectivity index (χ4v) is 4.47. The van der Waals surface area contributed by atoms with Gasteiger partial charge in [-0.1, -0.05) is 17.7 Å². The third kappa shape index (κ3) is 3.72. The van der Waals surface area contributed by atoms with Gasteiger partial charge in [-0.15, -0.1) is 0 Å². The van der Waals surface area contributed by atoms with Gasteiger partial charge in [0.1, 0.15) is 16.4 Å². The predicted octanol–water partition coefficient (Wildman–Crippen LogP) is 5.89. The quantitative estimate of drug-likeness (QED) is 0.327. The molecule has 0 amide bonds. The molecule has 1 atom stereocenters. The maximum absolute atomic E-state index is 13.4. The fourth-order valence-electron chi connectivity index (χ4n) is 4.28. The largest absolute Gasteiger partial charge is 0.454 e. The van der Waals surface area contributed by atoms with E-state index in [1.54, 1.807) is 23.9 Å². The zero-order valence-corrected chi connectivity index (χ0v) is 20.4. The highest BCUT2D eigenvalue weighted by Gasteiger charge is 2.20. The Labute approximate surface area is 201 Å². The fraction of sp³-hybridized carbons (Fsp3) is 0.231. The molecule has 4 aromatic heterocycles. The summed E-state index contributed by atoms with van der Waals surface area (Å²) >= 11 is 6.02. The second-order valence-electron chi connectivity index (χ2n) is 8.63. The minimum atomic E-state index is -0.157. The van der Waals surface area contributed by atoms with Crippen molar-refractivity contribution in [3.05, 3.63) is 80.4 Å². The molecule has 7 nitrogen and oxygen atoms in total. The average Bonchev–Trinajstić information content (AvgIpc) is 3.18. The van der Waals surface area contributed by atoms with Crippen molar-refractivity contribution in [3.8, 4) is 11.5 Å². The number of fused-ring (bicyclic) bond motifs is 2. The van der Waals surface area contributed by atoms with E-state index in [9.17, 15) is 4.79 Å². The summed E-state index contributed by atoms with van der Waals surface area (Å²) in [5.74, 6) is 0.460. The summed E-state index contributed by atoms with van der Waals surface area (Å²) in [6.45, 7) is 7.69. The normalized spacial score (nSPS) is 12.4. The molecule has 0 unspecified atom stereocenters. The van der Waals surface area contributed by atoms with E-state index < -0.39 is 0 Å². The Hall–Kier alpha value is -3.71. The molecule has 172 valence electrons. The molecule has 8 heteroatoms. The van der Waals surface area contributed by atoms with Gasteiger partial charge in [-0.25, -0.2) is 9.97 Å². The second kappa shape index (κ2) is 8.25. The molecule has 0 saturated heterocycles. The van der Waals surface area contributed by atoms with Gasteiger partial charge < -0.3 is 9.73 Å². The Bertz CT molecular complexity index is 1640. The van der Waals surface area contributed by atoms with Crippen molar-refractivity contribution in [2.24, 2.45) is 7.05 Å². The first-order chi connectivity index (χ1) is 16.2. The second-order valence-corrected chi connectivity index (χ2v) is 9.01. The Morgan fingerprint density at radius 3 is 2.65 bits per heavy atom. The van der Waals surface area contributed by atoms with E-state index in [0.29, 0.717) is 33.1 Å². The molecular formula is C26H24ClN5O2. The van der Waals surface area contributed by atoms with Crippen LogP contribution in [0, 0.1) is 20.8 Å². The first-order valence-electron chi connectivity index (χ1n) is 11.0. The molecule has 1 N–H and O–H groups in total. The first kappa shape index (κ1) is 22.1. The van der Waals surface area contributed by atoms with Crippen LogP contribution >= 0.6 is 11.6 Å². The lowest BCUT2D eigenvalue weighted by Gasteiger charge is -2.19. The maximum Gasteiger partial charge on any atom is 0.196 e. The predicted molar refractivity (Wildman–Crippen MR) is 135 cm³/mol. The summed E-state index contributed by atoms with van der Waals surface area (Å²) in [4.78, 5) is 22.5. The Morgan fingerprint density at radius 2 is 1.88 bits per heavy atom. The third-order valence-corrected chi connectivity index (χ3v) is 6.31. The summed E-state index contributed by atoms with van der Waals surface area (Å²) < 4.78 is 8.16. The number of rotatable bonds is 4. The number of hydrogen-bond donors (Lipinski definition) is 1. The minimum absolute atomic E-state index is 0.0651. The number of hydrogen-bond acceptors (Lipinski definition) is 6. The summed E-state index contributed by atoms with van der Waals surface area (Å²) in [7, 11) is 1.84. The van der Waals surface area contributed by atoms with Crippen LogP contribution in [-0.2, 0) is 7.05 Å². The molecule has 0 aliphatic heterocycles. The van der Waals surface area contributed by atoms with Crippen LogP contribution in [0.15, 0.2) is 51.8 Å². The van der Waals surface area contributed by atoms with Gasteiger partial charge in [0.25, 0.3) is 0 Å².